The Bertz CT molecular complexity index is 513. The summed E-state index contributed by atoms with van der Waals surface area (Å²) in [5.74, 6) is -13.7. The van der Waals surface area contributed by atoms with Crippen LogP contribution in [0.2, 0.25) is 0 Å². The van der Waals surface area contributed by atoms with E-state index in [-0.39, 0.29) is 88.7 Å². The molecule has 0 aliphatic carbocycles. The molecule has 110 valence electrons. The standard InChI is InChI=1S/C8H2F4O4.BO3.3Na/c9-3-1(7(13)14)2(8(15)16)4(10)6(12)5(3)11;2-1(3)4;;;/h(H,13,14)(H,15,16);;;;/q;-3;3*+1. The summed E-state index contributed by atoms with van der Waals surface area (Å²) >= 11 is 0. The third-order valence-electron chi connectivity index (χ3n) is 1.69. The van der Waals surface area contributed by atoms with E-state index < -0.39 is 53.7 Å². The van der Waals surface area contributed by atoms with E-state index in [0.29, 0.717) is 0 Å². The first-order valence-electron chi connectivity index (χ1n) is 4.32. The molecule has 1 aromatic rings. The fourth-order valence-electron chi connectivity index (χ4n) is 1.03. The van der Waals surface area contributed by atoms with Gasteiger partial charge in [-0.1, -0.05) is 0 Å². The first kappa shape index (κ1) is 31.6. The van der Waals surface area contributed by atoms with Crippen LogP contribution >= 0.6 is 0 Å². The molecule has 0 aromatic heterocycles. The molecule has 0 saturated heterocycles. The molecular formula is C8H2BF4Na3O7. The molecule has 0 atom stereocenters. The quantitative estimate of drug-likeness (QED) is 0.229. The summed E-state index contributed by atoms with van der Waals surface area (Å²) in [6, 6.07) is 0. The second-order valence-electron chi connectivity index (χ2n) is 2.90. The molecule has 0 aliphatic rings. The van der Waals surface area contributed by atoms with Crippen molar-refractivity contribution in [1.82, 2.24) is 0 Å². The fraction of sp³-hybridized carbons (Fsp3) is 0. The molecular weight excluding hydrogens is 364 g/mol. The van der Waals surface area contributed by atoms with E-state index in [1.807, 2.05) is 0 Å². The van der Waals surface area contributed by atoms with Crippen LogP contribution in [0.1, 0.15) is 20.7 Å². The molecule has 1 rings (SSSR count). The number of aromatic carboxylic acids is 2. The molecule has 7 nitrogen and oxygen atoms in total. The summed E-state index contributed by atoms with van der Waals surface area (Å²) in [6.07, 6.45) is 0. The van der Waals surface area contributed by atoms with Crippen LogP contribution in [0.4, 0.5) is 17.6 Å². The zero-order valence-corrected chi connectivity index (χ0v) is 18.0. The minimum Gasteiger partial charge on any atom is -0.907 e. The second-order valence-corrected chi connectivity index (χ2v) is 2.90. The van der Waals surface area contributed by atoms with Gasteiger partial charge in [0, 0.05) is 0 Å². The molecule has 2 N–H and O–H groups in total. The van der Waals surface area contributed by atoms with E-state index in [0.717, 1.165) is 0 Å². The smallest absolute Gasteiger partial charge is 0.907 e. The van der Waals surface area contributed by atoms with E-state index in [1.54, 1.807) is 0 Å². The minimum absolute atomic E-state index is 0. The first-order chi connectivity index (χ1) is 9.02. The molecule has 0 fully saturated rings. The Morgan fingerprint density at radius 3 is 1.00 bits per heavy atom. The summed E-state index contributed by atoms with van der Waals surface area (Å²) in [4.78, 5) is 20.8. The van der Waals surface area contributed by atoms with Crippen molar-refractivity contribution in [3.8, 4) is 0 Å². The van der Waals surface area contributed by atoms with Crippen molar-refractivity contribution in [2.75, 3.05) is 0 Å². The monoisotopic (exact) mass is 366 g/mol. The van der Waals surface area contributed by atoms with Crippen LogP contribution in [0.5, 0.6) is 0 Å². The van der Waals surface area contributed by atoms with Crippen molar-refractivity contribution in [3.63, 3.8) is 0 Å². The molecule has 0 unspecified atom stereocenters. The van der Waals surface area contributed by atoms with Crippen LogP contribution < -0.4 is 104 Å². The van der Waals surface area contributed by atoms with Crippen LogP contribution in [-0.2, 0) is 0 Å². The summed E-state index contributed by atoms with van der Waals surface area (Å²) in [7, 11) is -2.92. The van der Waals surface area contributed by atoms with Crippen molar-refractivity contribution in [2.24, 2.45) is 0 Å². The third kappa shape index (κ3) is 9.19. The Morgan fingerprint density at radius 1 is 0.696 bits per heavy atom. The van der Waals surface area contributed by atoms with E-state index in [2.05, 4.69) is 0 Å². The van der Waals surface area contributed by atoms with Crippen molar-refractivity contribution < 1.29 is 141 Å². The van der Waals surface area contributed by atoms with E-state index >= 15 is 0 Å². The van der Waals surface area contributed by atoms with Gasteiger partial charge in [0.05, 0.1) is 0 Å². The normalized spacial score (nSPS) is 8.30. The van der Waals surface area contributed by atoms with Gasteiger partial charge in [-0.25, -0.2) is 27.2 Å². The topological polar surface area (TPSA) is 144 Å². The molecule has 0 spiro atoms. The first-order valence-corrected chi connectivity index (χ1v) is 4.32. The Morgan fingerprint density at radius 2 is 0.870 bits per heavy atom. The Kier molecular flexibility index (Phi) is 19.3. The molecule has 0 aliphatic heterocycles. The maximum absolute atomic E-state index is 12.9. The van der Waals surface area contributed by atoms with Crippen LogP contribution in [0.3, 0.4) is 0 Å². The Balaban J connectivity index is -0.000000232. The van der Waals surface area contributed by atoms with Gasteiger partial charge in [-0.2, -0.15) is 0 Å². The van der Waals surface area contributed by atoms with Gasteiger partial charge in [-0.3, -0.25) is 7.32 Å². The van der Waals surface area contributed by atoms with Crippen molar-refractivity contribution >= 4 is 19.3 Å². The van der Waals surface area contributed by atoms with Crippen LogP contribution in [0.25, 0.3) is 0 Å². The molecule has 1 aromatic carbocycles. The third-order valence-corrected chi connectivity index (χ3v) is 1.69. The largest absolute Gasteiger partial charge is 1.00 e. The minimum atomic E-state index is -2.92. The summed E-state index contributed by atoms with van der Waals surface area (Å²) in [6.45, 7) is 0. The van der Waals surface area contributed by atoms with Crippen molar-refractivity contribution in [2.45, 2.75) is 0 Å². The summed E-state index contributed by atoms with van der Waals surface area (Å²) in [5.41, 5.74) is -3.52. The SMILES string of the molecule is O=C(O)c1c(F)c(F)c(F)c(F)c1C(=O)O.[Na+].[Na+].[Na+].[O-]B([O-])[O-]. The summed E-state index contributed by atoms with van der Waals surface area (Å²) < 4.78 is 51.0. The van der Waals surface area contributed by atoms with Crippen LogP contribution in [-0.4, -0.2) is 29.5 Å². The maximum Gasteiger partial charge on any atom is 1.00 e. The predicted molar refractivity (Wildman–Crippen MR) is 45.9 cm³/mol. The van der Waals surface area contributed by atoms with Gasteiger partial charge in [0.25, 0.3) is 0 Å². The molecule has 23 heavy (non-hydrogen) atoms. The average molecular weight is 366 g/mol. The van der Waals surface area contributed by atoms with Crippen LogP contribution in [0, 0.1) is 23.3 Å². The Hall–Kier alpha value is 0.825. The number of benzene rings is 1. The fourth-order valence-corrected chi connectivity index (χ4v) is 1.03. The number of carboxylic acids is 2. The number of hydrogen-bond acceptors (Lipinski definition) is 5. The molecule has 0 bridgehead atoms. The Labute approximate surface area is 192 Å². The van der Waals surface area contributed by atoms with E-state index in [4.69, 9.17) is 25.3 Å². The van der Waals surface area contributed by atoms with Gasteiger partial charge in [0.1, 0.15) is 11.1 Å². The molecule has 0 heterocycles. The van der Waals surface area contributed by atoms with Crippen molar-refractivity contribution in [1.29, 1.82) is 0 Å². The van der Waals surface area contributed by atoms with Crippen molar-refractivity contribution in [3.05, 3.63) is 34.4 Å². The second kappa shape index (κ2) is 14.0. The number of hydrogen-bond donors (Lipinski definition) is 2. The van der Waals surface area contributed by atoms with Gasteiger partial charge in [0.15, 0.2) is 23.3 Å². The van der Waals surface area contributed by atoms with Crippen LogP contribution in [0.15, 0.2) is 0 Å². The zero-order chi connectivity index (χ0) is 16.2. The van der Waals surface area contributed by atoms with E-state index in [1.165, 1.54) is 0 Å². The number of carboxylic acid groups (broad SMARTS) is 2. The van der Waals surface area contributed by atoms with Gasteiger partial charge < -0.3 is 25.3 Å². The maximum atomic E-state index is 12.9. The van der Waals surface area contributed by atoms with Gasteiger partial charge in [-0.05, 0) is 0 Å². The summed E-state index contributed by atoms with van der Waals surface area (Å²) in [5, 5.41) is 42.0. The molecule has 0 amide bonds. The van der Waals surface area contributed by atoms with Gasteiger partial charge >= 0.3 is 101 Å². The molecule has 0 radical (unpaired) electrons. The van der Waals surface area contributed by atoms with E-state index in [9.17, 15) is 27.2 Å². The number of halogens is 4. The van der Waals surface area contributed by atoms with Gasteiger partial charge in [-0.15, -0.1) is 0 Å². The molecule has 0 saturated carbocycles. The zero-order valence-electron chi connectivity index (χ0n) is 12.0. The number of rotatable bonds is 2. The average Bonchev–Trinajstić information content (AvgIpc) is 2.29. The molecule has 15 heteroatoms. The van der Waals surface area contributed by atoms with Gasteiger partial charge in [0.2, 0.25) is 0 Å². The predicted octanol–water partition coefficient (Wildman–Crippen LogP) is -11.3. The number of carbonyl (C=O) groups is 2.